The SMILES string of the molecule is CCCCNC(=O)[C@@H](Cc1ccccc1)N(Cc1ccc(Br)cc1)C(=O)CN(c1cccc(F)c1)S(C)(=O)=O. The van der Waals surface area contributed by atoms with E-state index >= 15 is 0 Å². The number of benzene rings is 3. The zero-order valence-electron chi connectivity index (χ0n) is 22.0. The summed E-state index contributed by atoms with van der Waals surface area (Å²) in [6, 6.07) is 20.8. The van der Waals surface area contributed by atoms with E-state index in [4.69, 9.17) is 0 Å². The van der Waals surface area contributed by atoms with Gasteiger partial charge in [0.2, 0.25) is 21.8 Å². The van der Waals surface area contributed by atoms with Gasteiger partial charge in [0.1, 0.15) is 18.4 Å². The van der Waals surface area contributed by atoms with E-state index in [-0.39, 0.29) is 24.6 Å². The first kappa shape index (κ1) is 30.3. The van der Waals surface area contributed by atoms with E-state index in [0.717, 1.165) is 45.1 Å². The molecule has 208 valence electrons. The van der Waals surface area contributed by atoms with Crippen LogP contribution in [0.1, 0.15) is 30.9 Å². The average Bonchev–Trinajstić information content (AvgIpc) is 2.90. The van der Waals surface area contributed by atoms with Crippen molar-refractivity contribution in [2.45, 2.75) is 38.8 Å². The lowest BCUT2D eigenvalue weighted by atomic mass is 10.0. The van der Waals surface area contributed by atoms with Gasteiger partial charge in [-0.05, 0) is 47.9 Å². The van der Waals surface area contributed by atoms with Crippen LogP contribution in [0.3, 0.4) is 0 Å². The van der Waals surface area contributed by atoms with Crippen molar-refractivity contribution in [3.05, 3.63) is 100 Å². The Hall–Kier alpha value is -3.24. The number of rotatable bonds is 13. The third-order valence-electron chi connectivity index (χ3n) is 6.14. The highest BCUT2D eigenvalue weighted by Crippen LogP contribution is 2.21. The molecule has 0 aliphatic carbocycles. The molecule has 3 aromatic carbocycles. The van der Waals surface area contributed by atoms with Crippen molar-refractivity contribution in [1.82, 2.24) is 10.2 Å². The van der Waals surface area contributed by atoms with E-state index in [1.165, 1.54) is 23.1 Å². The molecule has 0 fully saturated rings. The molecule has 0 saturated heterocycles. The van der Waals surface area contributed by atoms with Crippen molar-refractivity contribution < 1.29 is 22.4 Å². The maximum Gasteiger partial charge on any atom is 0.244 e. The normalized spacial score (nSPS) is 12.0. The maximum atomic E-state index is 14.0. The first-order chi connectivity index (χ1) is 18.6. The smallest absolute Gasteiger partial charge is 0.244 e. The molecule has 0 unspecified atom stereocenters. The minimum atomic E-state index is -3.95. The fourth-order valence-corrected chi connectivity index (χ4v) is 5.20. The second-order valence-electron chi connectivity index (χ2n) is 9.25. The standard InChI is InChI=1S/C29H33BrFN3O4S/c1-3-4-17-32-29(36)27(18-22-9-6-5-7-10-22)33(20-23-13-15-24(30)16-14-23)28(35)21-34(39(2,37)38)26-12-8-11-25(31)19-26/h5-16,19,27H,3-4,17-18,20-21H2,1-2H3,(H,32,36)/t27-/m1/s1. The number of sulfonamides is 1. The number of anilines is 1. The molecule has 2 amide bonds. The lowest BCUT2D eigenvalue weighted by Crippen LogP contribution is -2.53. The van der Waals surface area contributed by atoms with Crippen LogP contribution in [0.25, 0.3) is 0 Å². The third-order valence-corrected chi connectivity index (χ3v) is 7.81. The van der Waals surface area contributed by atoms with Crippen molar-refractivity contribution in [1.29, 1.82) is 0 Å². The molecule has 10 heteroatoms. The van der Waals surface area contributed by atoms with Crippen LogP contribution < -0.4 is 9.62 Å². The van der Waals surface area contributed by atoms with E-state index in [9.17, 15) is 22.4 Å². The van der Waals surface area contributed by atoms with E-state index < -0.39 is 34.3 Å². The Morgan fingerprint density at radius 3 is 2.28 bits per heavy atom. The molecule has 0 aliphatic rings. The quantitative estimate of drug-likeness (QED) is 0.276. The summed E-state index contributed by atoms with van der Waals surface area (Å²) in [6.07, 6.45) is 2.87. The predicted octanol–water partition coefficient (Wildman–Crippen LogP) is 4.91. The molecule has 0 bridgehead atoms. The van der Waals surface area contributed by atoms with Crippen LogP contribution in [0.4, 0.5) is 10.1 Å². The number of hydrogen-bond acceptors (Lipinski definition) is 4. The molecule has 7 nitrogen and oxygen atoms in total. The Balaban J connectivity index is 2.02. The summed E-state index contributed by atoms with van der Waals surface area (Å²) in [5.41, 5.74) is 1.65. The van der Waals surface area contributed by atoms with Gasteiger partial charge in [0, 0.05) is 24.0 Å². The Bertz CT molecular complexity index is 1350. The third kappa shape index (κ3) is 9.18. The van der Waals surface area contributed by atoms with Crippen LogP contribution in [0.15, 0.2) is 83.3 Å². The molecule has 0 aliphatic heterocycles. The molecule has 0 heterocycles. The molecular formula is C29H33BrFN3O4S. The van der Waals surface area contributed by atoms with Crippen molar-refractivity contribution in [2.24, 2.45) is 0 Å². The molecule has 3 aromatic rings. The topological polar surface area (TPSA) is 86.8 Å². The Morgan fingerprint density at radius 1 is 0.974 bits per heavy atom. The molecule has 1 atom stereocenters. The molecule has 3 rings (SSSR count). The summed E-state index contributed by atoms with van der Waals surface area (Å²) >= 11 is 3.41. The average molecular weight is 619 g/mol. The Kier molecular flexibility index (Phi) is 11.1. The van der Waals surface area contributed by atoms with Gasteiger partial charge in [-0.1, -0.05) is 77.8 Å². The monoisotopic (exact) mass is 617 g/mol. The van der Waals surface area contributed by atoms with Gasteiger partial charge in [-0.25, -0.2) is 12.8 Å². The van der Waals surface area contributed by atoms with Gasteiger partial charge in [-0.15, -0.1) is 0 Å². The molecule has 0 aromatic heterocycles. The van der Waals surface area contributed by atoms with Crippen molar-refractivity contribution in [3.8, 4) is 0 Å². The van der Waals surface area contributed by atoms with Crippen LogP contribution >= 0.6 is 15.9 Å². The van der Waals surface area contributed by atoms with Crippen LogP contribution in [-0.2, 0) is 32.6 Å². The Labute approximate surface area is 238 Å². The fraction of sp³-hybridized carbons (Fsp3) is 0.310. The second-order valence-corrected chi connectivity index (χ2v) is 12.1. The van der Waals surface area contributed by atoms with E-state index in [0.29, 0.717) is 6.54 Å². The minimum absolute atomic E-state index is 0.0291. The van der Waals surface area contributed by atoms with Crippen LogP contribution in [0.2, 0.25) is 0 Å². The van der Waals surface area contributed by atoms with E-state index in [1.807, 2.05) is 61.5 Å². The zero-order chi connectivity index (χ0) is 28.4. The van der Waals surface area contributed by atoms with Crippen LogP contribution in [0.5, 0.6) is 0 Å². The number of nitrogens with one attached hydrogen (secondary N) is 1. The van der Waals surface area contributed by atoms with Crippen LogP contribution in [-0.4, -0.2) is 50.5 Å². The summed E-state index contributed by atoms with van der Waals surface area (Å²) in [4.78, 5) is 28.9. The first-order valence-corrected chi connectivity index (χ1v) is 15.3. The van der Waals surface area contributed by atoms with Crippen molar-refractivity contribution in [3.63, 3.8) is 0 Å². The highest BCUT2D eigenvalue weighted by Gasteiger charge is 2.33. The second kappa shape index (κ2) is 14.2. The summed E-state index contributed by atoms with van der Waals surface area (Å²) in [5.74, 6) is -1.54. The lowest BCUT2D eigenvalue weighted by molar-refractivity contribution is -0.140. The summed E-state index contributed by atoms with van der Waals surface area (Å²) in [6.45, 7) is 1.96. The number of nitrogens with zero attached hydrogens (tertiary/aromatic N) is 2. The molecular weight excluding hydrogens is 585 g/mol. The fourth-order valence-electron chi connectivity index (χ4n) is 4.09. The highest BCUT2D eigenvalue weighted by atomic mass is 79.9. The maximum absolute atomic E-state index is 14.0. The number of carbonyl (C=O) groups excluding carboxylic acids is 2. The number of halogens is 2. The minimum Gasteiger partial charge on any atom is -0.354 e. The highest BCUT2D eigenvalue weighted by molar-refractivity contribution is 9.10. The van der Waals surface area contributed by atoms with Gasteiger partial charge in [-0.2, -0.15) is 0 Å². The van der Waals surface area contributed by atoms with E-state index in [1.54, 1.807) is 0 Å². The van der Waals surface area contributed by atoms with Gasteiger partial charge >= 0.3 is 0 Å². The molecule has 0 spiro atoms. The largest absolute Gasteiger partial charge is 0.354 e. The van der Waals surface area contributed by atoms with Crippen molar-refractivity contribution >= 4 is 43.5 Å². The molecule has 0 radical (unpaired) electrons. The number of unbranched alkanes of at least 4 members (excludes halogenated alkanes) is 1. The zero-order valence-corrected chi connectivity index (χ0v) is 24.4. The molecule has 1 N–H and O–H groups in total. The van der Waals surface area contributed by atoms with Crippen LogP contribution in [0, 0.1) is 5.82 Å². The first-order valence-electron chi connectivity index (χ1n) is 12.7. The van der Waals surface area contributed by atoms with E-state index in [2.05, 4.69) is 21.2 Å². The van der Waals surface area contributed by atoms with Gasteiger partial charge in [0.05, 0.1) is 11.9 Å². The van der Waals surface area contributed by atoms with Gasteiger partial charge in [0.15, 0.2) is 0 Å². The van der Waals surface area contributed by atoms with Gasteiger partial charge in [0.25, 0.3) is 0 Å². The molecule has 39 heavy (non-hydrogen) atoms. The van der Waals surface area contributed by atoms with Crippen molar-refractivity contribution in [2.75, 3.05) is 23.7 Å². The number of amides is 2. The Morgan fingerprint density at radius 2 is 1.67 bits per heavy atom. The summed E-state index contributed by atoms with van der Waals surface area (Å²) in [5, 5.41) is 2.94. The lowest BCUT2D eigenvalue weighted by Gasteiger charge is -2.33. The van der Waals surface area contributed by atoms with Gasteiger partial charge in [-0.3, -0.25) is 13.9 Å². The van der Waals surface area contributed by atoms with Gasteiger partial charge < -0.3 is 10.2 Å². The predicted molar refractivity (Wildman–Crippen MR) is 155 cm³/mol. The summed E-state index contributed by atoms with van der Waals surface area (Å²) < 4.78 is 41.1. The number of carbonyl (C=O) groups is 2. The number of hydrogen-bond donors (Lipinski definition) is 1. The summed E-state index contributed by atoms with van der Waals surface area (Å²) in [7, 11) is -3.95. The molecule has 0 saturated carbocycles.